The van der Waals surface area contributed by atoms with Crippen molar-refractivity contribution in [2.24, 2.45) is 0 Å². The largest absolute Gasteiger partial charge is 0.364 e. The third kappa shape index (κ3) is 2.85. The number of amides is 1. The summed E-state index contributed by atoms with van der Waals surface area (Å²) in [5.74, 6) is -0.121. The van der Waals surface area contributed by atoms with Gasteiger partial charge in [-0.05, 0) is 19.8 Å². The monoisotopic (exact) mass is 248 g/mol. The number of nitrogens with one attached hydrogen (secondary N) is 2. The lowest BCUT2D eigenvalue weighted by atomic mass is 9.94. The van der Waals surface area contributed by atoms with Gasteiger partial charge in [-0.3, -0.25) is 14.4 Å². The Balaban J connectivity index is 2.03. The Bertz CT molecular complexity index is 523. The van der Waals surface area contributed by atoms with Gasteiger partial charge in [0.1, 0.15) is 11.3 Å². The standard InChI is InChI=1S/C13H16N2O3/c1-8-6-12(17)11(7-14-8)13(18)15-9-2-4-10(16)5-3-9/h6-7,9H,2-5H2,1H3,(H,14,17)(H,15,18). The summed E-state index contributed by atoms with van der Waals surface area (Å²) in [4.78, 5) is 37.5. The Labute approximate surface area is 105 Å². The third-order valence-corrected chi connectivity index (χ3v) is 3.18. The summed E-state index contributed by atoms with van der Waals surface area (Å²) in [5.41, 5.74) is 0.563. The molecule has 0 bridgehead atoms. The van der Waals surface area contributed by atoms with Crippen molar-refractivity contribution in [3.63, 3.8) is 0 Å². The first-order valence-electron chi connectivity index (χ1n) is 6.08. The van der Waals surface area contributed by atoms with E-state index >= 15 is 0 Å². The van der Waals surface area contributed by atoms with Gasteiger partial charge in [0.05, 0.1) is 0 Å². The first kappa shape index (κ1) is 12.5. The molecule has 18 heavy (non-hydrogen) atoms. The summed E-state index contributed by atoms with van der Waals surface area (Å²) >= 11 is 0. The van der Waals surface area contributed by atoms with Gasteiger partial charge in [-0.15, -0.1) is 0 Å². The average Bonchev–Trinajstić information content (AvgIpc) is 2.32. The van der Waals surface area contributed by atoms with Crippen LogP contribution in [0.25, 0.3) is 0 Å². The Kier molecular flexibility index (Phi) is 3.60. The van der Waals surface area contributed by atoms with Crippen LogP contribution >= 0.6 is 0 Å². The number of H-pyrrole nitrogens is 1. The van der Waals surface area contributed by atoms with Gasteiger partial charge in [-0.1, -0.05) is 0 Å². The number of pyridine rings is 1. The number of aryl methyl sites for hydroxylation is 1. The van der Waals surface area contributed by atoms with Gasteiger partial charge in [0, 0.05) is 36.8 Å². The lowest BCUT2D eigenvalue weighted by Crippen LogP contribution is -2.39. The Morgan fingerprint density at radius 3 is 2.61 bits per heavy atom. The van der Waals surface area contributed by atoms with E-state index in [1.54, 1.807) is 6.92 Å². The predicted molar refractivity (Wildman–Crippen MR) is 66.5 cm³/mol. The molecule has 2 N–H and O–H groups in total. The highest BCUT2D eigenvalue weighted by atomic mass is 16.2. The van der Waals surface area contributed by atoms with Crippen LogP contribution in [0, 0.1) is 6.92 Å². The second-order valence-corrected chi connectivity index (χ2v) is 4.68. The zero-order chi connectivity index (χ0) is 13.1. The van der Waals surface area contributed by atoms with E-state index in [1.165, 1.54) is 12.3 Å². The van der Waals surface area contributed by atoms with Gasteiger partial charge in [0.15, 0.2) is 5.43 Å². The van der Waals surface area contributed by atoms with Crippen LogP contribution in [0.2, 0.25) is 0 Å². The van der Waals surface area contributed by atoms with Crippen LogP contribution in [0.3, 0.4) is 0 Å². The van der Waals surface area contributed by atoms with Gasteiger partial charge >= 0.3 is 0 Å². The maximum absolute atomic E-state index is 11.9. The van der Waals surface area contributed by atoms with E-state index in [1.807, 2.05) is 0 Å². The molecule has 0 unspecified atom stereocenters. The van der Waals surface area contributed by atoms with E-state index in [2.05, 4.69) is 10.3 Å². The molecule has 5 nitrogen and oxygen atoms in total. The normalized spacial score (nSPS) is 16.6. The maximum Gasteiger partial charge on any atom is 0.256 e. The fraction of sp³-hybridized carbons (Fsp3) is 0.462. The molecule has 0 spiro atoms. The molecular formula is C13H16N2O3. The number of ketones is 1. The second-order valence-electron chi connectivity index (χ2n) is 4.68. The van der Waals surface area contributed by atoms with E-state index in [0.29, 0.717) is 25.7 Å². The van der Waals surface area contributed by atoms with E-state index in [4.69, 9.17) is 0 Å². The second kappa shape index (κ2) is 5.16. The molecule has 1 aromatic rings. The first-order valence-corrected chi connectivity index (χ1v) is 6.08. The Hall–Kier alpha value is -1.91. The van der Waals surface area contributed by atoms with Crippen LogP contribution in [0.15, 0.2) is 17.1 Å². The van der Waals surface area contributed by atoms with E-state index < -0.39 is 0 Å². The summed E-state index contributed by atoms with van der Waals surface area (Å²) in [6.45, 7) is 1.76. The molecule has 1 fully saturated rings. The molecule has 0 atom stereocenters. The highest BCUT2D eigenvalue weighted by Crippen LogP contribution is 2.14. The van der Waals surface area contributed by atoms with E-state index in [0.717, 1.165) is 5.69 Å². The fourth-order valence-corrected chi connectivity index (χ4v) is 2.10. The zero-order valence-electron chi connectivity index (χ0n) is 10.3. The number of hydrogen-bond donors (Lipinski definition) is 2. The minimum atomic E-state index is -0.365. The number of hydrogen-bond acceptors (Lipinski definition) is 3. The number of aromatic amines is 1. The molecular weight excluding hydrogens is 232 g/mol. The van der Waals surface area contributed by atoms with Crippen LogP contribution in [-0.4, -0.2) is 22.7 Å². The van der Waals surface area contributed by atoms with Crippen molar-refractivity contribution in [3.8, 4) is 0 Å². The van der Waals surface area contributed by atoms with E-state index in [-0.39, 0.29) is 28.7 Å². The first-order chi connectivity index (χ1) is 8.56. The SMILES string of the molecule is Cc1cc(=O)c(C(=O)NC2CCC(=O)CC2)c[nH]1. The van der Waals surface area contributed by atoms with Crippen molar-refractivity contribution < 1.29 is 9.59 Å². The van der Waals surface area contributed by atoms with E-state index in [9.17, 15) is 14.4 Å². The van der Waals surface area contributed by atoms with Crippen LogP contribution in [0.5, 0.6) is 0 Å². The Morgan fingerprint density at radius 1 is 1.33 bits per heavy atom. The van der Waals surface area contributed by atoms with Crippen molar-refractivity contribution in [1.29, 1.82) is 0 Å². The van der Waals surface area contributed by atoms with Crippen molar-refractivity contribution in [3.05, 3.63) is 33.7 Å². The summed E-state index contributed by atoms with van der Waals surface area (Å²) < 4.78 is 0. The molecule has 0 aliphatic heterocycles. The number of Topliss-reactive ketones (excluding diaryl/α,β-unsaturated/α-hetero) is 1. The maximum atomic E-state index is 11.9. The van der Waals surface area contributed by atoms with Crippen LogP contribution in [-0.2, 0) is 4.79 Å². The van der Waals surface area contributed by atoms with Gasteiger partial charge in [0.25, 0.3) is 5.91 Å². The molecule has 0 aromatic carbocycles. The van der Waals surface area contributed by atoms with Crippen LogP contribution in [0.1, 0.15) is 41.7 Å². The summed E-state index contributed by atoms with van der Waals surface area (Å²) in [6.07, 6.45) is 3.77. The molecule has 2 rings (SSSR count). The molecule has 0 radical (unpaired) electrons. The summed E-state index contributed by atoms with van der Waals surface area (Å²) in [7, 11) is 0. The molecule has 1 saturated carbocycles. The molecule has 1 aliphatic carbocycles. The minimum absolute atomic E-state index is 0.00379. The molecule has 1 aromatic heterocycles. The van der Waals surface area contributed by atoms with Crippen molar-refractivity contribution in [1.82, 2.24) is 10.3 Å². The van der Waals surface area contributed by atoms with Gasteiger partial charge < -0.3 is 10.3 Å². The van der Waals surface area contributed by atoms with Gasteiger partial charge in [-0.25, -0.2) is 0 Å². The van der Waals surface area contributed by atoms with Crippen molar-refractivity contribution >= 4 is 11.7 Å². The van der Waals surface area contributed by atoms with Crippen LogP contribution < -0.4 is 10.7 Å². The quantitative estimate of drug-likeness (QED) is 0.817. The number of rotatable bonds is 2. The number of carbonyl (C=O) groups is 2. The molecule has 96 valence electrons. The molecule has 0 saturated heterocycles. The van der Waals surface area contributed by atoms with Gasteiger partial charge in [-0.2, -0.15) is 0 Å². The van der Waals surface area contributed by atoms with Crippen LogP contribution in [0.4, 0.5) is 0 Å². The molecule has 1 amide bonds. The lowest BCUT2D eigenvalue weighted by Gasteiger charge is -2.21. The highest BCUT2D eigenvalue weighted by molar-refractivity contribution is 5.94. The molecule has 1 heterocycles. The number of carbonyl (C=O) groups excluding carboxylic acids is 2. The smallest absolute Gasteiger partial charge is 0.256 e. The third-order valence-electron chi connectivity index (χ3n) is 3.18. The molecule has 1 aliphatic rings. The molecule has 5 heteroatoms. The van der Waals surface area contributed by atoms with Crippen molar-refractivity contribution in [2.75, 3.05) is 0 Å². The predicted octanol–water partition coefficient (Wildman–Crippen LogP) is 0.925. The average molecular weight is 248 g/mol. The van der Waals surface area contributed by atoms with Crippen molar-refractivity contribution in [2.45, 2.75) is 38.6 Å². The Morgan fingerprint density at radius 2 is 2.00 bits per heavy atom. The highest BCUT2D eigenvalue weighted by Gasteiger charge is 2.21. The lowest BCUT2D eigenvalue weighted by molar-refractivity contribution is -0.120. The van der Waals surface area contributed by atoms with Gasteiger partial charge in [0.2, 0.25) is 0 Å². The fourth-order valence-electron chi connectivity index (χ4n) is 2.10. The number of aromatic nitrogens is 1. The summed E-state index contributed by atoms with van der Waals surface area (Å²) in [5, 5.41) is 2.80. The zero-order valence-corrected chi connectivity index (χ0v) is 10.3. The minimum Gasteiger partial charge on any atom is -0.364 e. The topological polar surface area (TPSA) is 79.0 Å². The summed E-state index contributed by atoms with van der Waals surface area (Å²) in [6, 6.07) is 1.40.